The predicted molar refractivity (Wildman–Crippen MR) is 96.6 cm³/mol. The van der Waals surface area contributed by atoms with E-state index >= 15 is 0 Å². The van der Waals surface area contributed by atoms with Crippen molar-refractivity contribution in [3.05, 3.63) is 12.2 Å². The third kappa shape index (κ3) is 8.94. The summed E-state index contributed by atoms with van der Waals surface area (Å²) in [5, 5.41) is 0. The van der Waals surface area contributed by atoms with E-state index in [0.717, 1.165) is 18.1 Å². The van der Waals surface area contributed by atoms with Crippen molar-refractivity contribution in [3.8, 4) is 0 Å². The molecule has 0 radical (unpaired) electrons. The van der Waals surface area contributed by atoms with Crippen LogP contribution in [0.4, 0.5) is 0 Å². The lowest BCUT2D eigenvalue weighted by Gasteiger charge is -2.35. The Morgan fingerprint density at radius 1 is 0.913 bits per heavy atom. The second-order valence-corrected chi connectivity index (χ2v) is 11.5. The molecule has 134 valence electrons. The van der Waals surface area contributed by atoms with E-state index in [0.29, 0.717) is 17.8 Å². The Bertz CT molecular complexity index is 387. The van der Waals surface area contributed by atoms with Crippen LogP contribution in [-0.2, 0) is 18.8 Å². The number of hydrogen-bond donors (Lipinski definition) is 0. The lowest BCUT2D eigenvalue weighted by molar-refractivity contribution is -0.141. The van der Waals surface area contributed by atoms with Crippen molar-refractivity contribution < 1.29 is 18.8 Å². The first kappa shape index (κ1) is 21.9. The van der Waals surface area contributed by atoms with E-state index in [1.54, 1.807) is 0 Å². The molecule has 0 aromatic carbocycles. The Labute approximate surface area is 142 Å². The molecule has 0 saturated carbocycles. The summed E-state index contributed by atoms with van der Waals surface area (Å²) in [6, 6.07) is 2.84. The minimum atomic E-state index is -2.23. The molecular formula is C18H34O4Si. The summed E-state index contributed by atoms with van der Waals surface area (Å²) >= 11 is 0. The summed E-state index contributed by atoms with van der Waals surface area (Å²) < 4.78 is 10.7. The molecule has 0 N–H and O–H groups in total. The quantitative estimate of drug-likeness (QED) is 0.332. The van der Waals surface area contributed by atoms with E-state index in [1.807, 2.05) is 0 Å². The SMILES string of the molecule is C=C(CC(=O)OC)C(=O)O[Si](CC(C)C)(CC(C)C)CC(C)C. The Hall–Kier alpha value is -1.10. The summed E-state index contributed by atoms with van der Waals surface area (Å²) in [7, 11) is -0.932. The minimum absolute atomic E-state index is 0.106. The first-order valence-corrected chi connectivity index (χ1v) is 11.0. The van der Waals surface area contributed by atoms with E-state index in [-0.39, 0.29) is 12.0 Å². The number of carbonyl (C=O) groups is 2. The molecule has 0 bridgehead atoms. The van der Waals surface area contributed by atoms with Gasteiger partial charge >= 0.3 is 11.9 Å². The second-order valence-electron chi connectivity index (χ2n) is 7.72. The van der Waals surface area contributed by atoms with Crippen molar-refractivity contribution in [3.63, 3.8) is 0 Å². The maximum Gasteiger partial charge on any atom is 0.320 e. The van der Waals surface area contributed by atoms with E-state index in [2.05, 4.69) is 52.9 Å². The van der Waals surface area contributed by atoms with Gasteiger partial charge in [0.2, 0.25) is 0 Å². The smallest absolute Gasteiger partial charge is 0.320 e. The third-order valence-electron chi connectivity index (χ3n) is 3.52. The lowest BCUT2D eigenvalue weighted by Crippen LogP contribution is -2.44. The zero-order valence-corrected chi connectivity index (χ0v) is 16.9. The third-order valence-corrected chi connectivity index (χ3v) is 8.82. The summed E-state index contributed by atoms with van der Waals surface area (Å²) in [6.45, 7) is 16.7. The van der Waals surface area contributed by atoms with Crippen LogP contribution in [0.3, 0.4) is 0 Å². The summed E-state index contributed by atoms with van der Waals surface area (Å²) in [5.74, 6) is 0.530. The van der Waals surface area contributed by atoms with Crippen LogP contribution in [0.25, 0.3) is 0 Å². The molecule has 0 aliphatic carbocycles. The van der Waals surface area contributed by atoms with Gasteiger partial charge in [-0.1, -0.05) is 48.1 Å². The van der Waals surface area contributed by atoms with Crippen LogP contribution >= 0.6 is 0 Å². The molecule has 0 spiro atoms. The maximum absolute atomic E-state index is 12.5. The summed E-state index contributed by atoms with van der Waals surface area (Å²) in [4.78, 5) is 23.8. The molecule has 0 atom stereocenters. The van der Waals surface area contributed by atoms with Crippen molar-refractivity contribution in [2.75, 3.05) is 7.11 Å². The molecule has 0 unspecified atom stereocenters. The van der Waals surface area contributed by atoms with Crippen molar-refractivity contribution >= 4 is 20.3 Å². The Balaban J connectivity index is 5.27. The standard InChI is InChI=1S/C18H34O4Si/c1-13(2)10-23(11-14(3)4,12-15(5)6)22-18(20)16(7)9-17(19)21-8/h13-15H,7,9-12H2,1-6,8H3. The number of esters is 1. The fraction of sp³-hybridized carbons (Fsp3) is 0.778. The summed E-state index contributed by atoms with van der Waals surface area (Å²) in [6.07, 6.45) is -0.106. The normalized spacial score (nSPS) is 11.9. The van der Waals surface area contributed by atoms with Crippen LogP contribution in [0.15, 0.2) is 12.2 Å². The molecule has 23 heavy (non-hydrogen) atoms. The predicted octanol–water partition coefficient (Wildman–Crippen LogP) is 4.56. The van der Waals surface area contributed by atoms with Crippen molar-refractivity contribution in [1.82, 2.24) is 0 Å². The maximum atomic E-state index is 12.5. The molecule has 0 fully saturated rings. The van der Waals surface area contributed by atoms with Crippen LogP contribution in [0.5, 0.6) is 0 Å². The zero-order chi connectivity index (χ0) is 18.2. The van der Waals surface area contributed by atoms with Crippen molar-refractivity contribution in [1.29, 1.82) is 0 Å². The average molecular weight is 343 g/mol. The highest BCUT2D eigenvalue weighted by Gasteiger charge is 2.41. The van der Waals surface area contributed by atoms with Gasteiger partial charge in [-0.05, 0) is 35.9 Å². The monoisotopic (exact) mass is 342 g/mol. The van der Waals surface area contributed by atoms with Gasteiger partial charge in [0.15, 0.2) is 0 Å². The number of ether oxygens (including phenoxy) is 1. The second kappa shape index (κ2) is 9.91. The molecule has 0 heterocycles. The largest absolute Gasteiger partial charge is 0.516 e. The van der Waals surface area contributed by atoms with Gasteiger partial charge in [-0.3, -0.25) is 4.79 Å². The Morgan fingerprint density at radius 3 is 1.61 bits per heavy atom. The highest BCUT2D eigenvalue weighted by atomic mass is 28.4. The summed E-state index contributed by atoms with van der Waals surface area (Å²) in [5.41, 5.74) is 0.185. The molecule has 0 aromatic rings. The zero-order valence-electron chi connectivity index (χ0n) is 15.9. The van der Waals surface area contributed by atoms with Gasteiger partial charge in [-0.25, -0.2) is 4.79 Å². The molecule has 0 rings (SSSR count). The average Bonchev–Trinajstić information content (AvgIpc) is 2.35. The van der Waals surface area contributed by atoms with E-state index < -0.39 is 20.3 Å². The molecule has 0 aliphatic rings. The van der Waals surface area contributed by atoms with Crippen LogP contribution in [0, 0.1) is 17.8 Å². The number of hydrogen-bond acceptors (Lipinski definition) is 4. The number of carbonyl (C=O) groups excluding carboxylic acids is 2. The fourth-order valence-corrected chi connectivity index (χ4v) is 8.95. The van der Waals surface area contributed by atoms with Crippen LogP contribution in [-0.4, -0.2) is 27.4 Å². The van der Waals surface area contributed by atoms with Crippen molar-refractivity contribution in [2.45, 2.75) is 66.1 Å². The lowest BCUT2D eigenvalue weighted by atomic mass is 10.2. The molecule has 0 amide bonds. The molecule has 0 aliphatic heterocycles. The minimum Gasteiger partial charge on any atom is -0.516 e. The molecule has 5 heteroatoms. The van der Waals surface area contributed by atoms with Gasteiger partial charge in [0.1, 0.15) is 0 Å². The van der Waals surface area contributed by atoms with Gasteiger partial charge in [0.25, 0.3) is 8.32 Å². The Morgan fingerprint density at radius 2 is 1.30 bits per heavy atom. The van der Waals surface area contributed by atoms with Gasteiger partial charge in [0, 0.05) is 5.57 Å². The van der Waals surface area contributed by atoms with Crippen LogP contribution in [0.1, 0.15) is 48.0 Å². The topological polar surface area (TPSA) is 52.6 Å². The van der Waals surface area contributed by atoms with Crippen LogP contribution in [0.2, 0.25) is 18.1 Å². The van der Waals surface area contributed by atoms with Crippen molar-refractivity contribution in [2.24, 2.45) is 17.8 Å². The molecular weight excluding hydrogens is 308 g/mol. The number of rotatable bonds is 10. The molecule has 0 saturated heterocycles. The van der Waals surface area contributed by atoms with E-state index in [1.165, 1.54) is 7.11 Å². The van der Waals surface area contributed by atoms with Crippen LogP contribution < -0.4 is 0 Å². The molecule has 4 nitrogen and oxygen atoms in total. The number of methoxy groups -OCH3 is 1. The highest BCUT2D eigenvalue weighted by Crippen LogP contribution is 2.34. The van der Waals surface area contributed by atoms with Gasteiger partial charge in [-0.2, -0.15) is 0 Å². The van der Waals surface area contributed by atoms with Gasteiger partial charge in [-0.15, -0.1) is 0 Å². The molecule has 0 aromatic heterocycles. The fourth-order valence-electron chi connectivity index (χ4n) is 3.19. The Kier molecular flexibility index (Phi) is 9.43. The van der Waals surface area contributed by atoms with E-state index in [4.69, 9.17) is 4.43 Å². The van der Waals surface area contributed by atoms with Gasteiger partial charge in [0.05, 0.1) is 13.5 Å². The highest BCUT2D eigenvalue weighted by molar-refractivity contribution is 6.75. The first-order chi connectivity index (χ1) is 10.5. The first-order valence-electron chi connectivity index (χ1n) is 8.49. The van der Waals surface area contributed by atoms with E-state index in [9.17, 15) is 9.59 Å². The van der Waals surface area contributed by atoms with Gasteiger partial charge < -0.3 is 9.16 Å².